The quantitative estimate of drug-likeness (QED) is 0.654. The molecule has 1 heteroatoms. The number of hydrogen-bond acceptors (Lipinski definition) is 1. The van der Waals surface area contributed by atoms with Gasteiger partial charge >= 0.3 is 0 Å². The van der Waals surface area contributed by atoms with Crippen molar-refractivity contribution >= 4 is 0 Å². The molecule has 1 nitrogen and oxygen atoms in total. The van der Waals surface area contributed by atoms with Crippen LogP contribution in [0, 0.1) is 6.42 Å². The Morgan fingerprint density at radius 3 is 2.90 bits per heavy atom. The first-order valence-electron chi connectivity index (χ1n) is 3.45. The molecule has 53 valence electrons. The van der Waals surface area contributed by atoms with Crippen LogP contribution in [0.25, 0.3) is 0 Å². The van der Waals surface area contributed by atoms with Crippen LogP contribution in [0.15, 0.2) is 24.3 Å². The van der Waals surface area contributed by atoms with E-state index in [1.807, 2.05) is 19.1 Å². The molecule has 0 amide bonds. The van der Waals surface area contributed by atoms with Gasteiger partial charge in [-0.2, -0.15) is 0 Å². The number of hydrogen-bond donors (Lipinski definition) is 1. The van der Waals surface area contributed by atoms with Crippen LogP contribution in [-0.4, -0.2) is 0 Å². The summed E-state index contributed by atoms with van der Waals surface area (Å²) < 4.78 is 0. The Hall–Kier alpha value is -0.820. The molecule has 0 saturated heterocycles. The van der Waals surface area contributed by atoms with Gasteiger partial charge in [-0.15, -0.1) is 0 Å². The Morgan fingerprint density at radius 1 is 1.50 bits per heavy atom. The Bertz CT molecular complexity index is 186. The molecule has 0 unspecified atom stereocenters. The second kappa shape index (κ2) is 3.37. The van der Waals surface area contributed by atoms with Crippen molar-refractivity contribution in [1.82, 2.24) is 0 Å². The normalized spacial score (nSPS) is 9.80. The summed E-state index contributed by atoms with van der Waals surface area (Å²) in [6.07, 6.45) is 2.07. The average molecular weight is 134 g/mol. The van der Waals surface area contributed by atoms with E-state index in [0.29, 0.717) is 6.54 Å². The van der Waals surface area contributed by atoms with Crippen molar-refractivity contribution in [1.29, 1.82) is 0 Å². The number of rotatable bonds is 2. The van der Waals surface area contributed by atoms with E-state index in [-0.39, 0.29) is 0 Å². The molecule has 0 aliphatic heterocycles. The van der Waals surface area contributed by atoms with E-state index in [0.717, 1.165) is 0 Å². The van der Waals surface area contributed by atoms with Crippen LogP contribution >= 0.6 is 0 Å². The van der Waals surface area contributed by atoms with Crippen molar-refractivity contribution in [3.8, 4) is 0 Å². The first-order valence-corrected chi connectivity index (χ1v) is 3.45. The summed E-state index contributed by atoms with van der Waals surface area (Å²) in [4.78, 5) is 0. The summed E-state index contributed by atoms with van der Waals surface area (Å²) in [6, 6.07) is 8.23. The molecule has 2 N–H and O–H groups in total. The Morgan fingerprint density at radius 2 is 2.30 bits per heavy atom. The highest BCUT2D eigenvalue weighted by atomic mass is 14.5. The van der Waals surface area contributed by atoms with Crippen molar-refractivity contribution < 1.29 is 0 Å². The topological polar surface area (TPSA) is 26.0 Å². The lowest BCUT2D eigenvalue weighted by atomic mass is 10.1. The van der Waals surface area contributed by atoms with Gasteiger partial charge in [0, 0.05) is 6.54 Å². The predicted molar refractivity (Wildman–Crippen MR) is 43.4 cm³/mol. The first kappa shape index (κ1) is 7.29. The maximum absolute atomic E-state index is 5.46. The molecular formula is C9H12N. The van der Waals surface area contributed by atoms with Crippen molar-refractivity contribution in [2.24, 2.45) is 5.73 Å². The first-order chi connectivity index (χ1) is 4.86. The van der Waals surface area contributed by atoms with Crippen LogP contribution in [0.3, 0.4) is 0 Å². The molecule has 0 aromatic heterocycles. The van der Waals surface area contributed by atoms with Crippen LogP contribution in [-0.2, 0) is 6.54 Å². The van der Waals surface area contributed by atoms with E-state index in [4.69, 9.17) is 5.73 Å². The third-order valence-corrected chi connectivity index (χ3v) is 1.52. The molecule has 0 atom stereocenters. The largest absolute Gasteiger partial charge is 0.326 e. The molecule has 0 aliphatic carbocycles. The van der Waals surface area contributed by atoms with Gasteiger partial charge in [0.25, 0.3) is 0 Å². The maximum atomic E-state index is 5.46. The second-order valence-electron chi connectivity index (χ2n) is 2.24. The van der Waals surface area contributed by atoms with Crippen LogP contribution in [0.4, 0.5) is 0 Å². The zero-order chi connectivity index (χ0) is 7.40. The Balaban J connectivity index is 2.87. The molecule has 0 spiro atoms. The highest BCUT2D eigenvalue weighted by Gasteiger charge is 1.89. The standard InChI is InChI=1S/C9H12N/c1-2-8-4-3-5-9(6-8)7-10/h2-6H,7,10H2,1H3. The van der Waals surface area contributed by atoms with Crippen LogP contribution < -0.4 is 5.73 Å². The average Bonchev–Trinajstić information content (AvgIpc) is 2.05. The van der Waals surface area contributed by atoms with Gasteiger partial charge in [0.1, 0.15) is 0 Å². The smallest absolute Gasteiger partial charge is 0.0178 e. The monoisotopic (exact) mass is 134 g/mol. The third kappa shape index (κ3) is 1.58. The lowest BCUT2D eigenvalue weighted by Gasteiger charge is -1.98. The zero-order valence-electron chi connectivity index (χ0n) is 6.17. The van der Waals surface area contributed by atoms with Gasteiger partial charge in [-0.1, -0.05) is 31.2 Å². The fourth-order valence-corrected chi connectivity index (χ4v) is 0.900. The fourth-order valence-electron chi connectivity index (χ4n) is 0.900. The molecule has 1 aromatic rings. The molecule has 1 aromatic carbocycles. The van der Waals surface area contributed by atoms with Crippen molar-refractivity contribution in [3.63, 3.8) is 0 Å². The van der Waals surface area contributed by atoms with Gasteiger partial charge in [0.05, 0.1) is 0 Å². The molecule has 0 saturated carbocycles. The number of nitrogens with two attached hydrogens (primary N) is 1. The zero-order valence-corrected chi connectivity index (χ0v) is 6.17. The van der Waals surface area contributed by atoms with Crippen LogP contribution in [0.1, 0.15) is 18.1 Å². The van der Waals surface area contributed by atoms with Gasteiger partial charge in [-0.25, -0.2) is 0 Å². The summed E-state index contributed by atoms with van der Waals surface area (Å²) in [7, 11) is 0. The van der Waals surface area contributed by atoms with Gasteiger partial charge in [-0.3, -0.25) is 0 Å². The summed E-state index contributed by atoms with van der Waals surface area (Å²) in [5.41, 5.74) is 7.89. The number of benzene rings is 1. The second-order valence-corrected chi connectivity index (χ2v) is 2.24. The lowest BCUT2D eigenvalue weighted by Crippen LogP contribution is -1.95. The van der Waals surface area contributed by atoms with Crippen molar-refractivity contribution in [2.45, 2.75) is 13.5 Å². The minimum absolute atomic E-state index is 0.627. The fraction of sp³-hybridized carbons (Fsp3) is 0.222. The summed E-state index contributed by atoms with van der Waals surface area (Å²) in [5, 5.41) is 0. The summed E-state index contributed by atoms with van der Waals surface area (Å²) in [5.74, 6) is 0. The van der Waals surface area contributed by atoms with E-state index < -0.39 is 0 Å². The Labute approximate surface area is 61.9 Å². The van der Waals surface area contributed by atoms with E-state index in [2.05, 4.69) is 18.6 Å². The van der Waals surface area contributed by atoms with Crippen molar-refractivity contribution in [3.05, 3.63) is 41.8 Å². The van der Waals surface area contributed by atoms with E-state index in [9.17, 15) is 0 Å². The minimum atomic E-state index is 0.627. The van der Waals surface area contributed by atoms with Gasteiger partial charge in [0.2, 0.25) is 0 Å². The van der Waals surface area contributed by atoms with E-state index >= 15 is 0 Å². The van der Waals surface area contributed by atoms with E-state index in [1.165, 1.54) is 11.1 Å². The third-order valence-electron chi connectivity index (χ3n) is 1.52. The lowest BCUT2D eigenvalue weighted by molar-refractivity contribution is 1.07. The van der Waals surface area contributed by atoms with Crippen molar-refractivity contribution in [2.75, 3.05) is 0 Å². The highest BCUT2D eigenvalue weighted by molar-refractivity contribution is 5.27. The molecule has 1 radical (unpaired) electrons. The molecule has 0 bridgehead atoms. The molecule has 10 heavy (non-hydrogen) atoms. The van der Waals surface area contributed by atoms with Gasteiger partial charge < -0.3 is 5.73 Å². The summed E-state index contributed by atoms with van der Waals surface area (Å²) >= 11 is 0. The molecule has 0 aliphatic rings. The SMILES string of the molecule is C[CH]c1cccc(CN)c1. The molecule has 1 rings (SSSR count). The summed E-state index contributed by atoms with van der Waals surface area (Å²) in [6.45, 7) is 2.65. The van der Waals surface area contributed by atoms with Gasteiger partial charge in [-0.05, 0) is 17.5 Å². The maximum Gasteiger partial charge on any atom is 0.0178 e. The minimum Gasteiger partial charge on any atom is -0.326 e. The predicted octanol–water partition coefficient (Wildman–Crippen LogP) is 1.72. The van der Waals surface area contributed by atoms with Crippen LogP contribution in [0.2, 0.25) is 0 Å². The van der Waals surface area contributed by atoms with Crippen LogP contribution in [0.5, 0.6) is 0 Å². The van der Waals surface area contributed by atoms with E-state index in [1.54, 1.807) is 0 Å². The Kier molecular flexibility index (Phi) is 2.46. The van der Waals surface area contributed by atoms with Gasteiger partial charge in [0.15, 0.2) is 0 Å². The highest BCUT2D eigenvalue weighted by Crippen LogP contribution is 2.05. The molecule has 0 fully saturated rings. The molecule has 0 heterocycles. The molecular weight excluding hydrogens is 122 g/mol.